The molecule has 0 unspecified atom stereocenters. The molecule has 1 amide bonds. The first-order valence-corrected chi connectivity index (χ1v) is 6.68. The largest absolute Gasteiger partial charge is 0.347 e. The summed E-state index contributed by atoms with van der Waals surface area (Å²) >= 11 is 0. The van der Waals surface area contributed by atoms with Gasteiger partial charge in [0, 0.05) is 18.3 Å². The van der Waals surface area contributed by atoms with Crippen LogP contribution in [-0.4, -0.2) is 17.4 Å². The van der Waals surface area contributed by atoms with Crippen LogP contribution in [0, 0.1) is 18.8 Å². The van der Waals surface area contributed by atoms with Gasteiger partial charge in [-0.1, -0.05) is 41.7 Å². The van der Waals surface area contributed by atoms with Gasteiger partial charge in [0.25, 0.3) is 5.91 Å². The van der Waals surface area contributed by atoms with E-state index in [0.29, 0.717) is 18.8 Å². The van der Waals surface area contributed by atoms with Gasteiger partial charge in [-0.25, -0.2) is 4.98 Å². The molecular formula is C17H17N3O. The fraction of sp³-hybridized carbons (Fsp3) is 0.176. The van der Waals surface area contributed by atoms with Crippen molar-refractivity contribution in [2.75, 3.05) is 6.54 Å². The smallest absolute Gasteiger partial charge is 0.270 e. The summed E-state index contributed by atoms with van der Waals surface area (Å²) in [5.41, 5.74) is 8.66. The lowest BCUT2D eigenvalue weighted by Gasteiger charge is -2.05. The molecule has 0 aliphatic carbocycles. The van der Waals surface area contributed by atoms with Crippen LogP contribution in [0.15, 0.2) is 42.6 Å². The highest BCUT2D eigenvalue weighted by Crippen LogP contribution is 2.04. The second-order valence-electron chi connectivity index (χ2n) is 4.61. The van der Waals surface area contributed by atoms with Crippen molar-refractivity contribution >= 4 is 5.91 Å². The number of pyridine rings is 1. The molecule has 0 spiro atoms. The van der Waals surface area contributed by atoms with Crippen molar-refractivity contribution in [2.45, 2.75) is 13.5 Å². The number of nitrogens with zero attached hydrogens (tertiary/aromatic N) is 1. The lowest BCUT2D eigenvalue weighted by atomic mass is 10.1. The Morgan fingerprint density at radius 1 is 1.33 bits per heavy atom. The second kappa shape index (κ2) is 7.22. The third kappa shape index (κ3) is 4.44. The first-order valence-electron chi connectivity index (χ1n) is 6.68. The van der Waals surface area contributed by atoms with Gasteiger partial charge in [0.2, 0.25) is 0 Å². The van der Waals surface area contributed by atoms with Crippen molar-refractivity contribution in [2.24, 2.45) is 5.73 Å². The van der Waals surface area contributed by atoms with Crippen molar-refractivity contribution < 1.29 is 4.79 Å². The Morgan fingerprint density at radius 3 is 2.86 bits per heavy atom. The van der Waals surface area contributed by atoms with Crippen molar-refractivity contribution in [3.63, 3.8) is 0 Å². The van der Waals surface area contributed by atoms with Gasteiger partial charge in [-0.15, -0.1) is 0 Å². The van der Waals surface area contributed by atoms with Crippen molar-refractivity contribution in [1.29, 1.82) is 0 Å². The predicted octanol–water partition coefficient (Wildman–Crippen LogP) is 1.63. The average Bonchev–Trinajstić information content (AvgIpc) is 2.51. The Labute approximate surface area is 124 Å². The highest BCUT2D eigenvalue weighted by atomic mass is 16.1. The third-order valence-corrected chi connectivity index (χ3v) is 2.87. The number of amides is 1. The van der Waals surface area contributed by atoms with Crippen LogP contribution in [0.4, 0.5) is 0 Å². The maximum absolute atomic E-state index is 12.0. The van der Waals surface area contributed by atoms with E-state index in [1.807, 2.05) is 31.2 Å². The lowest BCUT2D eigenvalue weighted by Crippen LogP contribution is -2.23. The van der Waals surface area contributed by atoms with E-state index in [0.717, 1.165) is 11.1 Å². The number of benzene rings is 1. The molecule has 0 fully saturated rings. The standard InChI is InChI=1S/C17H17N3O/c1-13-4-2-5-15(10-13)12-20-17(21)16-8-7-14(11-19-16)6-3-9-18/h2,4-5,7-8,10-11H,9,12,18H2,1H3,(H,20,21). The molecule has 106 valence electrons. The maximum Gasteiger partial charge on any atom is 0.270 e. The molecule has 0 aliphatic heterocycles. The van der Waals surface area contributed by atoms with Gasteiger partial charge in [-0.3, -0.25) is 4.79 Å². The Hall–Kier alpha value is -2.64. The molecule has 0 bridgehead atoms. The zero-order valence-corrected chi connectivity index (χ0v) is 11.9. The average molecular weight is 279 g/mol. The van der Waals surface area contributed by atoms with Gasteiger partial charge in [-0.2, -0.15) is 0 Å². The molecule has 2 rings (SSSR count). The van der Waals surface area contributed by atoms with Crippen LogP contribution < -0.4 is 11.1 Å². The first-order chi connectivity index (χ1) is 10.2. The lowest BCUT2D eigenvalue weighted by molar-refractivity contribution is 0.0946. The summed E-state index contributed by atoms with van der Waals surface area (Å²) in [6, 6.07) is 11.4. The fourth-order valence-electron chi connectivity index (χ4n) is 1.85. The van der Waals surface area contributed by atoms with E-state index in [4.69, 9.17) is 5.73 Å². The molecule has 0 saturated carbocycles. The number of hydrogen-bond acceptors (Lipinski definition) is 3. The highest BCUT2D eigenvalue weighted by molar-refractivity contribution is 5.92. The van der Waals surface area contributed by atoms with Crippen LogP contribution in [0.2, 0.25) is 0 Å². The number of carbonyl (C=O) groups excluding carboxylic acids is 1. The molecule has 0 saturated heterocycles. The van der Waals surface area contributed by atoms with Crippen LogP contribution in [0.3, 0.4) is 0 Å². The van der Waals surface area contributed by atoms with E-state index in [1.165, 1.54) is 5.56 Å². The maximum atomic E-state index is 12.0. The van der Waals surface area contributed by atoms with E-state index in [9.17, 15) is 4.79 Å². The fourth-order valence-corrected chi connectivity index (χ4v) is 1.85. The Kier molecular flexibility index (Phi) is 5.08. The number of aromatic nitrogens is 1. The van der Waals surface area contributed by atoms with Crippen molar-refractivity contribution in [1.82, 2.24) is 10.3 Å². The van der Waals surface area contributed by atoms with Crippen LogP contribution in [-0.2, 0) is 6.54 Å². The Morgan fingerprint density at radius 2 is 2.19 bits per heavy atom. The first kappa shape index (κ1) is 14.8. The summed E-state index contributed by atoms with van der Waals surface area (Å²) in [5, 5.41) is 2.85. The highest BCUT2D eigenvalue weighted by Gasteiger charge is 2.06. The van der Waals surface area contributed by atoms with Crippen LogP contribution in [0.5, 0.6) is 0 Å². The van der Waals surface area contributed by atoms with E-state index < -0.39 is 0 Å². The third-order valence-electron chi connectivity index (χ3n) is 2.87. The minimum atomic E-state index is -0.199. The number of nitrogens with one attached hydrogen (secondary N) is 1. The molecule has 3 N–H and O–H groups in total. The van der Waals surface area contributed by atoms with E-state index in [2.05, 4.69) is 22.1 Å². The van der Waals surface area contributed by atoms with E-state index in [1.54, 1.807) is 18.3 Å². The number of rotatable bonds is 3. The Balaban J connectivity index is 1.97. The van der Waals surface area contributed by atoms with E-state index in [-0.39, 0.29) is 5.91 Å². The summed E-state index contributed by atoms with van der Waals surface area (Å²) in [6.07, 6.45) is 1.57. The number of nitrogens with two attached hydrogens (primary N) is 1. The van der Waals surface area contributed by atoms with Gasteiger partial charge in [0.15, 0.2) is 0 Å². The van der Waals surface area contributed by atoms with Gasteiger partial charge in [0.05, 0.1) is 6.54 Å². The topological polar surface area (TPSA) is 68.0 Å². The molecule has 21 heavy (non-hydrogen) atoms. The monoisotopic (exact) mass is 279 g/mol. The summed E-state index contributed by atoms with van der Waals surface area (Å²) < 4.78 is 0. The van der Waals surface area contributed by atoms with Gasteiger partial charge < -0.3 is 11.1 Å². The molecule has 1 aromatic heterocycles. The van der Waals surface area contributed by atoms with Crippen LogP contribution >= 0.6 is 0 Å². The molecule has 1 aromatic carbocycles. The minimum absolute atomic E-state index is 0.199. The molecule has 2 aromatic rings. The number of hydrogen-bond donors (Lipinski definition) is 2. The van der Waals surface area contributed by atoms with Crippen LogP contribution in [0.25, 0.3) is 0 Å². The molecule has 0 aliphatic rings. The van der Waals surface area contributed by atoms with Crippen LogP contribution in [0.1, 0.15) is 27.2 Å². The number of carbonyl (C=O) groups is 1. The van der Waals surface area contributed by atoms with Gasteiger partial charge >= 0.3 is 0 Å². The molecule has 4 nitrogen and oxygen atoms in total. The molecule has 1 heterocycles. The second-order valence-corrected chi connectivity index (χ2v) is 4.61. The molecule has 4 heteroatoms. The SMILES string of the molecule is Cc1cccc(CNC(=O)c2ccc(C#CCN)cn2)c1. The normalized spacial score (nSPS) is 9.62. The summed E-state index contributed by atoms with van der Waals surface area (Å²) in [5.74, 6) is 5.41. The predicted molar refractivity (Wildman–Crippen MR) is 82.5 cm³/mol. The zero-order chi connectivity index (χ0) is 15.1. The molecular weight excluding hydrogens is 262 g/mol. The summed E-state index contributed by atoms with van der Waals surface area (Å²) in [4.78, 5) is 16.1. The van der Waals surface area contributed by atoms with Crippen molar-refractivity contribution in [3.05, 3.63) is 65.0 Å². The Bertz CT molecular complexity index is 681. The summed E-state index contributed by atoms with van der Waals surface area (Å²) in [7, 11) is 0. The van der Waals surface area contributed by atoms with Crippen molar-refractivity contribution in [3.8, 4) is 11.8 Å². The van der Waals surface area contributed by atoms with Gasteiger partial charge in [-0.05, 0) is 24.6 Å². The number of aryl methyl sites for hydroxylation is 1. The van der Waals surface area contributed by atoms with Gasteiger partial charge in [0.1, 0.15) is 5.69 Å². The zero-order valence-electron chi connectivity index (χ0n) is 11.9. The molecule has 0 atom stereocenters. The quantitative estimate of drug-likeness (QED) is 0.839. The minimum Gasteiger partial charge on any atom is -0.347 e. The summed E-state index contributed by atoms with van der Waals surface area (Å²) in [6.45, 7) is 2.81. The van der Waals surface area contributed by atoms with E-state index >= 15 is 0 Å². The molecule has 0 radical (unpaired) electrons.